The monoisotopic (exact) mass is 425 g/mol. The van der Waals surface area contributed by atoms with Crippen molar-refractivity contribution in [2.45, 2.75) is 38.0 Å². The lowest BCUT2D eigenvalue weighted by atomic mass is 9.98. The molecular weight excluding hydrogens is 406 g/mol. The van der Waals surface area contributed by atoms with Crippen molar-refractivity contribution < 1.29 is 19.1 Å². The van der Waals surface area contributed by atoms with Crippen LogP contribution in [-0.2, 0) is 25.8 Å². The minimum Gasteiger partial charge on any atom is -0.485 e. The molecule has 3 aliphatic heterocycles. The highest BCUT2D eigenvalue weighted by Gasteiger charge is 2.35. The van der Waals surface area contributed by atoms with Crippen molar-refractivity contribution in [3.05, 3.63) is 57.7 Å². The maximum Gasteiger partial charge on any atom is 0.182 e. The fourth-order valence-corrected chi connectivity index (χ4v) is 4.83. The van der Waals surface area contributed by atoms with Gasteiger partial charge in [-0.05, 0) is 18.2 Å². The van der Waals surface area contributed by atoms with Crippen LogP contribution in [0.25, 0.3) is 11.1 Å². The van der Waals surface area contributed by atoms with Crippen molar-refractivity contribution in [2.24, 2.45) is 0 Å². The second kappa shape index (κ2) is 6.97. The molecule has 2 atom stereocenters. The van der Waals surface area contributed by atoms with E-state index in [1.165, 1.54) is 0 Å². The molecule has 3 aromatic rings. The first-order valence-corrected chi connectivity index (χ1v) is 10.5. The number of benzene rings is 1. The van der Waals surface area contributed by atoms with Crippen LogP contribution in [0.3, 0.4) is 0 Å². The van der Waals surface area contributed by atoms with Crippen molar-refractivity contribution in [3.8, 4) is 22.6 Å². The first-order chi connectivity index (χ1) is 14.7. The van der Waals surface area contributed by atoms with Crippen LogP contribution in [0.1, 0.15) is 34.4 Å². The zero-order valence-corrected chi connectivity index (χ0v) is 16.9. The summed E-state index contributed by atoms with van der Waals surface area (Å²) in [5.41, 5.74) is 5.71. The molecule has 30 heavy (non-hydrogen) atoms. The fraction of sp³-hybridized carbons (Fsp3) is 0.364. The van der Waals surface area contributed by atoms with Crippen molar-refractivity contribution in [1.29, 1.82) is 0 Å². The molecule has 0 aliphatic carbocycles. The van der Waals surface area contributed by atoms with Gasteiger partial charge in [-0.3, -0.25) is 4.98 Å². The van der Waals surface area contributed by atoms with Crippen LogP contribution in [0.2, 0.25) is 5.02 Å². The summed E-state index contributed by atoms with van der Waals surface area (Å²) >= 11 is 6.48. The fourth-order valence-electron chi connectivity index (χ4n) is 4.59. The van der Waals surface area contributed by atoms with Gasteiger partial charge in [0.25, 0.3) is 0 Å². The van der Waals surface area contributed by atoms with Gasteiger partial charge in [0, 0.05) is 65.8 Å². The molecule has 0 fully saturated rings. The maximum absolute atomic E-state index is 9.52. The van der Waals surface area contributed by atoms with Crippen LogP contribution < -0.4 is 14.8 Å². The van der Waals surface area contributed by atoms with Crippen molar-refractivity contribution in [1.82, 2.24) is 15.5 Å². The number of rotatable bonds is 3. The Morgan fingerprint density at radius 1 is 1.13 bits per heavy atom. The maximum atomic E-state index is 9.52. The molecule has 2 aromatic heterocycles. The number of ether oxygens (including phenoxy) is 2. The number of pyridine rings is 1. The van der Waals surface area contributed by atoms with E-state index in [0.717, 1.165) is 64.7 Å². The molecule has 5 heterocycles. The Kier molecular flexibility index (Phi) is 4.23. The lowest BCUT2D eigenvalue weighted by Gasteiger charge is -2.16. The van der Waals surface area contributed by atoms with Gasteiger partial charge in [-0.25, -0.2) is 0 Å². The quantitative estimate of drug-likeness (QED) is 0.666. The lowest BCUT2D eigenvalue weighted by Crippen LogP contribution is -2.24. The van der Waals surface area contributed by atoms with Crippen molar-refractivity contribution in [2.75, 3.05) is 13.2 Å². The predicted octanol–water partition coefficient (Wildman–Crippen LogP) is 3.01. The summed E-state index contributed by atoms with van der Waals surface area (Å²) in [6.07, 6.45) is 3.36. The van der Waals surface area contributed by atoms with Gasteiger partial charge in [-0.1, -0.05) is 16.8 Å². The highest BCUT2D eigenvalue weighted by atomic mass is 35.5. The molecule has 6 rings (SSSR count). The second-order valence-corrected chi connectivity index (χ2v) is 8.35. The molecular formula is C22H20ClN3O4. The molecule has 0 saturated carbocycles. The van der Waals surface area contributed by atoms with Crippen LogP contribution in [0.5, 0.6) is 11.5 Å². The van der Waals surface area contributed by atoms with E-state index < -0.39 is 0 Å². The minimum absolute atomic E-state index is 0.0489. The smallest absolute Gasteiger partial charge is 0.182 e. The van der Waals surface area contributed by atoms with E-state index in [1.54, 1.807) is 6.20 Å². The molecule has 8 heteroatoms. The number of aliphatic hydroxyl groups excluding tert-OH is 1. The Balaban J connectivity index is 1.41. The third-order valence-corrected chi connectivity index (χ3v) is 6.22. The van der Waals surface area contributed by atoms with E-state index >= 15 is 0 Å². The summed E-state index contributed by atoms with van der Waals surface area (Å²) in [5, 5.41) is 17.8. The van der Waals surface area contributed by atoms with E-state index in [0.29, 0.717) is 23.6 Å². The van der Waals surface area contributed by atoms with Crippen LogP contribution in [-0.4, -0.2) is 34.5 Å². The zero-order chi connectivity index (χ0) is 20.2. The molecule has 2 unspecified atom stereocenters. The summed E-state index contributed by atoms with van der Waals surface area (Å²) < 4.78 is 18.1. The minimum atomic E-state index is -0.275. The van der Waals surface area contributed by atoms with Crippen molar-refractivity contribution >= 4 is 11.6 Å². The van der Waals surface area contributed by atoms with E-state index in [4.69, 9.17) is 25.6 Å². The average molecular weight is 426 g/mol. The molecule has 7 nitrogen and oxygen atoms in total. The predicted molar refractivity (Wildman–Crippen MR) is 109 cm³/mol. The van der Waals surface area contributed by atoms with Crippen LogP contribution in [0, 0.1) is 0 Å². The Labute approximate surface area is 178 Å². The highest BCUT2D eigenvalue weighted by molar-refractivity contribution is 6.31. The Hall–Kier alpha value is -2.61. The summed E-state index contributed by atoms with van der Waals surface area (Å²) in [7, 11) is 0. The van der Waals surface area contributed by atoms with Gasteiger partial charge in [0.2, 0.25) is 0 Å². The Bertz CT molecular complexity index is 1150. The van der Waals surface area contributed by atoms with Gasteiger partial charge in [-0.15, -0.1) is 0 Å². The third kappa shape index (κ3) is 2.80. The van der Waals surface area contributed by atoms with E-state index in [9.17, 15) is 5.11 Å². The molecule has 0 saturated heterocycles. The van der Waals surface area contributed by atoms with Gasteiger partial charge in [0.1, 0.15) is 17.6 Å². The summed E-state index contributed by atoms with van der Waals surface area (Å²) in [4.78, 5) is 4.42. The molecule has 0 spiro atoms. The summed E-state index contributed by atoms with van der Waals surface area (Å²) in [6, 6.07) is 5.74. The molecule has 0 radical (unpaired) electrons. The van der Waals surface area contributed by atoms with Gasteiger partial charge >= 0.3 is 0 Å². The second-order valence-electron chi connectivity index (χ2n) is 7.91. The van der Waals surface area contributed by atoms with Gasteiger partial charge < -0.3 is 24.4 Å². The van der Waals surface area contributed by atoms with Crippen LogP contribution in [0.4, 0.5) is 0 Å². The molecule has 2 N–H and O–H groups in total. The SMILES string of the molecule is OCC1Cc2nccc(-c3cc(Cl)cc4c3OC(c3onc5c3CNCC5)C4)c2O1. The number of aromatic nitrogens is 2. The van der Waals surface area contributed by atoms with Gasteiger partial charge in [0.15, 0.2) is 11.9 Å². The number of nitrogens with zero attached hydrogens (tertiary/aromatic N) is 2. The molecule has 154 valence electrons. The van der Waals surface area contributed by atoms with Crippen molar-refractivity contribution in [3.63, 3.8) is 0 Å². The number of nitrogens with one attached hydrogen (secondary N) is 1. The first-order valence-electron chi connectivity index (χ1n) is 10.1. The zero-order valence-electron chi connectivity index (χ0n) is 16.2. The molecule has 0 amide bonds. The third-order valence-electron chi connectivity index (χ3n) is 6.01. The topological polar surface area (TPSA) is 89.6 Å². The van der Waals surface area contributed by atoms with Gasteiger partial charge in [0.05, 0.1) is 18.0 Å². The Morgan fingerprint density at radius 2 is 2.07 bits per heavy atom. The van der Waals surface area contributed by atoms with E-state index in [2.05, 4.69) is 15.5 Å². The number of hydrogen-bond donors (Lipinski definition) is 2. The summed E-state index contributed by atoms with van der Waals surface area (Å²) in [5.74, 6) is 2.25. The lowest BCUT2D eigenvalue weighted by molar-refractivity contribution is 0.135. The highest BCUT2D eigenvalue weighted by Crippen LogP contribution is 2.49. The number of fused-ring (bicyclic) bond motifs is 3. The van der Waals surface area contributed by atoms with Crippen LogP contribution >= 0.6 is 11.6 Å². The molecule has 1 aromatic carbocycles. The number of aliphatic hydroxyl groups is 1. The first kappa shape index (κ1) is 18.2. The molecule has 0 bridgehead atoms. The summed E-state index contributed by atoms with van der Waals surface area (Å²) in [6.45, 7) is 1.60. The normalized spacial score (nSPS) is 21.5. The molecule has 3 aliphatic rings. The Morgan fingerprint density at radius 3 is 2.97 bits per heavy atom. The van der Waals surface area contributed by atoms with E-state index in [-0.39, 0.29) is 18.8 Å². The largest absolute Gasteiger partial charge is 0.485 e. The standard InChI is InChI=1S/C22H20ClN3O4/c23-12-5-11-6-19(22-16-9-24-3-2-17(16)26-30-22)29-20(11)15(7-12)14-1-4-25-18-8-13(10-27)28-21(14)18/h1,4-5,7,13,19,24,27H,2-3,6,8-10H2. The number of hydrogen-bond acceptors (Lipinski definition) is 7. The number of halogens is 1. The average Bonchev–Trinajstić information content (AvgIpc) is 3.48. The van der Waals surface area contributed by atoms with Gasteiger partial charge in [-0.2, -0.15) is 0 Å². The van der Waals surface area contributed by atoms with Crippen LogP contribution in [0.15, 0.2) is 28.9 Å². The van der Waals surface area contributed by atoms with E-state index in [1.807, 2.05) is 18.2 Å².